The topological polar surface area (TPSA) is 137 Å². The maximum atomic E-state index is 10.5. The largest absolute Gasteiger partial charge is 0.427 e. The number of Topliss-reactive ketones (excluding diaryl/α,β-unsaturated/α-hetero) is 1. The van der Waals surface area contributed by atoms with E-state index in [2.05, 4.69) is 15.0 Å². The van der Waals surface area contributed by atoms with Gasteiger partial charge in [0, 0.05) is 19.1 Å². The summed E-state index contributed by atoms with van der Waals surface area (Å²) in [6, 6.07) is 12.5. The van der Waals surface area contributed by atoms with E-state index in [0.29, 0.717) is 16.8 Å². The number of fused-ring (bicyclic) bond motifs is 1. The van der Waals surface area contributed by atoms with E-state index in [9.17, 15) is 19.7 Å². The number of esters is 1. The van der Waals surface area contributed by atoms with Gasteiger partial charge >= 0.3 is 5.97 Å². The number of nitro groups is 1. The van der Waals surface area contributed by atoms with Crippen LogP contribution in [0, 0.1) is 10.1 Å². The summed E-state index contributed by atoms with van der Waals surface area (Å²) in [4.78, 5) is 30.4. The molecule has 0 bridgehead atoms. The Hall–Kier alpha value is -3.82. The molecule has 3 aromatic rings. The van der Waals surface area contributed by atoms with Crippen molar-refractivity contribution < 1.29 is 24.5 Å². The van der Waals surface area contributed by atoms with Gasteiger partial charge in [0.05, 0.1) is 4.92 Å². The Bertz CT molecular complexity index is 917. The van der Waals surface area contributed by atoms with Gasteiger partial charge in [-0.05, 0) is 43.3 Å². The zero-order valence-electron chi connectivity index (χ0n) is 14.9. The second-order valence-corrected chi connectivity index (χ2v) is 5.22. The number of hydrogen-bond acceptors (Lipinski definition) is 8. The van der Waals surface area contributed by atoms with Crippen LogP contribution in [0.3, 0.4) is 0 Å². The van der Waals surface area contributed by atoms with Crippen molar-refractivity contribution >= 4 is 28.5 Å². The Morgan fingerprint density at radius 1 is 1.07 bits per heavy atom. The Morgan fingerprint density at radius 3 is 2.11 bits per heavy atom. The normalized spacial score (nSPS) is 9.30. The predicted molar refractivity (Wildman–Crippen MR) is 95.5 cm³/mol. The highest BCUT2D eigenvalue weighted by Gasteiger charge is 2.04. The van der Waals surface area contributed by atoms with Gasteiger partial charge in [-0.1, -0.05) is 17.0 Å². The molecule has 0 saturated carbocycles. The van der Waals surface area contributed by atoms with Crippen LogP contribution >= 0.6 is 0 Å². The molecule has 1 heterocycles. The average molecular weight is 374 g/mol. The molecule has 0 aliphatic carbocycles. The molecule has 10 nitrogen and oxygen atoms in total. The number of hydrogen-bond donors (Lipinski definition) is 1. The number of carbonyl (C=O) groups excluding carboxylic acids is 2. The molecule has 0 saturated heterocycles. The third kappa shape index (κ3) is 7.73. The first-order valence-corrected chi connectivity index (χ1v) is 7.60. The standard InChI is InChI=1S/C8H7NO4.C6H5N3O.C3H6O/c1-6(10)13-8-4-2-7(3-5-8)9(11)12;10-9-6-4-2-1-3-5(6)7-8-9;1-3(2)4/h2-5H,1H3;1-4,10H;1-2H3. The van der Waals surface area contributed by atoms with Crippen molar-refractivity contribution in [2.45, 2.75) is 20.8 Å². The molecular formula is C17H18N4O6. The van der Waals surface area contributed by atoms with Crippen molar-refractivity contribution in [2.24, 2.45) is 0 Å². The molecule has 27 heavy (non-hydrogen) atoms. The summed E-state index contributed by atoms with van der Waals surface area (Å²) in [6.07, 6.45) is 0. The minimum Gasteiger partial charge on any atom is -0.427 e. The summed E-state index contributed by atoms with van der Waals surface area (Å²) in [5.74, 6) is 0.0203. The molecular weight excluding hydrogens is 356 g/mol. The maximum Gasteiger partial charge on any atom is 0.308 e. The Morgan fingerprint density at radius 2 is 1.63 bits per heavy atom. The molecule has 0 fully saturated rings. The fourth-order valence-corrected chi connectivity index (χ4v) is 1.66. The second kappa shape index (κ2) is 10.2. The van der Waals surface area contributed by atoms with Crippen molar-refractivity contribution in [3.05, 3.63) is 58.6 Å². The lowest BCUT2D eigenvalue weighted by molar-refractivity contribution is -0.384. The summed E-state index contributed by atoms with van der Waals surface area (Å²) in [5.41, 5.74) is 1.29. The minimum atomic E-state index is -0.516. The van der Waals surface area contributed by atoms with Crippen LogP contribution in [0.4, 0.5) is 5.69 Å². The van der Waals surface area contributed by atoms with E-state index in [0.717, 1.165) is 4.85 Å². The van der Waals surface area contributed by atoms with E-state index in [-0.39, 0.29) is 11.5 Å². The number of nitro benzene ring substituents is 1. The molecule has 0 amide bonds. The van der Waals surface area contributed by atoms with E-state index >= 15 is 0 Å². The number of rotatable bonds is 2. The fourth-order valence-electron chi connectivity index (χ4n) is 1.66. The molecule has 0 spiro atoms. The van der Waals surface area contributed by atoms with Gasteiger partial charge in [0.2, 0.25) is 0 Å². The number of non-ortho nitro benzene ring substituents is 1. The van der Waals surface area contributed by atoms with E-state index in [1.165, 1.54) is 45.0 Å². The highest BCUT2D eigenvalue weighted by atomic mass is 16.6. The lowest BCUT2D eigenvalue weighted by atomic mass is 10.3. The summed E-state index contributed by atoms with van der Waals surface area (Å²) < 4.78 is 4.69. The third-order valence-corrected chi connectivity index (χ3v) is 2.64. The number of aromatic nitrogens is 3. The predicted octanol–water partition coefficient (Wildman–Crippen LogP) is 2.78. The number of ether oxygens (including phenoxy) is 1. The molecule has 1 aromatic heterocycles. The lowest BCUT2D eigenvalue weighted by Gasteiger charge is -1.98. The van der Waals surface area contributed by atoms with Gasteiger partial charge in [-0.25, -0.2) is 0 Å². The van der Waals surface area contributed by atoms with E-state index in [1.807, 2.05) is 12.1 Å². The molecule has 142 valence electrons. The monoisotopic (exact) mass is 374 g/mol. The summed E-state index contributed by atoms with van der Waals surface area (Å²) >= 11 is 0. The Balaban J connectivity index is 0.000000230. The first kappa shape index (κ1) is 21.2. The van der Waals surface area contributed by atoms with Crippen LogP contribution in [0.2, 0.25) is 0 Å². The summed E-state index contributed by atoms with van der Waals surface area (Å²) in [6.45, 7) is 4.32. The van der Waals surface area contributed by atoms with Gasteiger partial charge in [-0.15, -0.1) is 5.10 Å². The van der Waals surface area contributed by atoms with E-state index in [4.69, 9.17) is 5.21 Å². The van der Waals surface area contributed by atoms with Gasteiger partial charge in [-0.2, -0.15) is 0 Å². The van der Waals surface area contributed by atoms with Gasteiger partial charge in [-0.3, -0.25) is 14.9 Å². The summed E-state index contributed by atoms with van der Waals surface area (Å²) in [7, 11) is 0. The van der Waals surface area contributed by atoms with Crippen LogP contribution in [0.15, 0.2) is 48.5 Å². The van der Waals surface area contributed by atoms with Gasteiger partial charge < -0.3 is 14.7 Å². The van der Waals surface area contributed by atoms with Crippen molar-refractivity contribution in [3.63, 3.8) is 0 Å². The fraction of sp³-hybridized carbons (Fsp3) is 0.176. The molecule has 0 atom stereocenters. The van der Waals surface area contributed by atoms with Crippen LogP contribution in [0.25, 0.3) is 11.0 Å². The van der Waals surface area contributed by atoms with Crippen LogP contribution in [0.1, 0.15) is 20.8 Å². The minimum absolute atomic E-state index is 0.0316. The van der Waals surface area contributed by atoms with Crippen LogP contribution < -0.4 is 4.74 Å². The smallest absolute Gasteiger partial charge is 0.308 e. The molecule has 0 aliphatic heterocycles. The molecule has 0 aliphatic rings. The number of nitrogens with zero attached hydrogens (tertiary/aromatic N) is 4. The van der Waals surface area contributed by atoms with Crippen molar-refractivity contribution in [2.75, 3.05) is 0 Å². The third-order valence-electron chi connectivity index (χ3n) is 2.64. The molecule has 0 radical (unpaired) electrons. The van der Waals surface area contributed by atoms with Crippen LogP contribution in [-0.4, -0.2) is 37.0 Å². The average Bonchev–Trinajstić information content (AvgIpc) is 2.97. The lowest BCUT2D eigenvalue weighted by Crippen LogP contribution is -2.01. The van der Waals surface area contributed by atoms with Gasteiger partial charge in [0.15, 0.2) is 0 Å². The zero-order valence-corrected chi connectivity index (χ0v) is 14.9. The van der Waals surface area contributed by atoms with Crippen molar-refractivity contribution in [1.29, 1.82) is 0 Å². The maximum absolute atomic E-state index is 10.5. The zero-order chi connectivity index (χ0) is 20.4. The first-order valence-electron chi connectivity index (χ1n) is 7.60. The van der Waals surface area contributed by atoms with Crippen molar-refractivity contribution in [1.82, 2.24) is 15.2 Å². The second-order valence-electron chi connectivity index (χ2n) is 5.22. The number of para-hydroxylation sites is 1. The Labute approximate surface area is 154 Å². The number of benzene rings is 2. The molecule has 2 aromatic carbocycles. The SMILES string of the molecule is CC(=O)Oc1ccc([N+](=O)[O-])cc1.CC(C)=O.On1nnc2ccccc21. The van der Waals surface area contributed by atoms with Gasteiger partial charge in [0.1, 0.15) is 22.6 Å². The van der Waals surface area contributed by atoms with E-state index in [1.54, 1.807) is 12.1 Å². The summed E-state index contributed by atoms with van der Waals surface area (Å²) in [5, 5.41) is 26.3. The number of carbonyl (C=O) groups is 2. The first-order chi connectivity index (χ1) is 12.7. The molecule has 3 rings (SSSR count). The number of ketones is 1. The highest BCUT2D eigenvalue weighted by molar-refractivity contribution is 5.73. The van der Waals surface area contributed by atoms with Gasteiger partial charge in [0.25, 0.3) is 5.69 Å². The molecule has 10 heteroatoms. The van der Waals surface area contributed by atoms with E-state index < -0.39 is 10.9 Å². The Kier molecular flexibility index (Phi) is 8.04. The highest BCUT2D eigenvalue weighted by Crippen LogP contribution is 2.17. The van der Waals surface area contributed by atoms with Crippen molar-refractivity contribution in [3.8, 4) is 5.75 Å². The van der Waals surface area contributed by atoms with Crippen LogP contribution in [-0.2, 0) is 9.59 Å². The quantitative estimate of drug-likeness (QED) is 0.238. The van der Waals surface area contributed by atoms with Crippen LogP contribution in [0.5, 0.6) is 5.75 Å². The molecule has 1 N–H and O–H groups in total. The molecule has 0 unspecified atom stereocenters.